The molecular formula is C17H34N2O. The highest BCUT2D eigenvalue weighted by molar-refractivity contribution is 4.98. The van der Waals surface area contributed by atoms with Gasteiger partial charge in [0.1, 0.15) is 0 Å². The molecule has 2 aliphatic rings. The van der Waals surface area contributed by atoms with Gasteiger partial charge in [0.2, 0.25) is 0 Å². The van der Waals surface area contributed by atoms with Crippen molar-refractivity contribution in [3.63, 3.8) is 0 Å². The number of hydrogen-bond donors (Lipinski definition) is 2. The number of hydrazine groups is 1. The van der Waals surface area contributed by atoms with E-state index in [0.717, 1.165) is 12.5 Å². The van der Waals surface area contributed by atoms with Gasteiger partial charge in [0, 0.05) is 6.61 Å². The molecule has 2 saturated carbocycles. The van der Waals surface area contributed by atoms with Crippen LogP contribution in [0.15, 0.2) is 0 Å². The fraction of sp³-hybridized carbons (Fsp3) is 1.00. The fourth-order valence-electron chi connectivity index (χ4n) is 4.66. The van der Waals surface area contributed by atoms with Crippen LogP contribution in [0.3, 0.4) is 0 Å². The molecule has 0 aliphatic heterocycles. The summed E-state index contributed by atoms with van der Waals surface area (Å²) in [7, 11) is 0. The molecule has 0 bridgehead atoms. The first-order valence-electron chi connectivity index (χ1n) is 8.82. The zero-order valence-corrected chi connectivity index (χ0v) is 13.5. The lowest BCUT2D eigenvalue weighted by atomic mass is 9.71. The van der Waals surface area contributed by atoms with Gasteiger partial charge in [0.05, 0.1) is 11.6 Å². The van der Waals surface area contributed by atoms with Crippen molar-refractivity contribution in [3.05, 3.63) is 0 Å². The Morgan fingerprint density at radius 3 is 2.40 bits per heavy atom. The van der Waals surface area contributed by atoms with Crippen LogP contribution < -0.4 is 11.3 Å². The number of nitrogens with one attached hydrogen (secondary N) is 1. The molecule has 0 aromatic heterocycles. The highest BCUT2D eigenvalue weighted by Crippen LogP contribution is 2.41. The Morgan fingerprint density at radius 1 is 1.15 bits per heavy atom. The molecule has 3 atom stereocenters. The monoisotopic (exact) mass is 282 g/mol. The van der Waals surface area contributed by atoms with Crippen LogP contribution in [0.4, 0.5) is 0 Å². The zero-order chi connectivity index (χ0) is 14.4. The Hall–Kier alpha value is -0.120. The number of ether oxygens (including phenoxy) is 1. The van der Waals surface area contributed by atoms with Gasteiger partial charge in [-0.05, 0) is 44.4 Å². The van der Waals surface area contributed by atoms with E-state index >= 15 is 0 Å². The minimum Gasteiger partial charge on any atom is -0.374 e. The highest BCUT2D eigenvalue weighted by atomic mass is 16.5. The van der Waals surface area contributed by atoms with Crippen LogP contribution in [0.2, 0.25) is 0 Å². The second kappa shape index (κ2) is 7.77. The Morgan fingerprint density at radius 2 is 1.85 bits per heavy atom. The summed E-state index contributed by atoms with van der Waals surface area (Å²) in [4.78, 5) is 0. The Balaban J connectivity index is 2.14. The maximum atomic E-state index is 6.35. The number of rotatable bonds is 5. The largest absolute Gasteiger partial charge is 0.374 e. The molecule has 2 aliphatic carbocycles. The van der Waals surface area contributed by atoms with Crippen LogP contribution in [-0.4, -0.2) is 18.2 Å². The van der Waals surface area contributed by atoms with E-state index in [4.69, 9.17) is 10.6 Å². The summed E-state index contributed by atoms with van der Waals surface area (Å²) < 4.78 is 6.35. The van der Waals surface area contributed by atoms with Crippen molar-refractivity contribution < 1.29 is 4.74 Å². The molecule has 3 heteroatoms. The van der Waals surface area contributed by atoms with Crippen LogP contribution in [0.1, 0.15) is 78.1 Å². The molecule has 2 rings (SSSR count). The second-order valence-electron chi connectivity index (χ2n) is 7.09. The summed E-state index contributed by atoms with van der Waals surface area (Å²) in [6, 6.07) is 0.336. The molecule has 0 aromatic rings. The Kier molecular flexibility index (Phi) is 6.31. The molecule has 2 fully saturated rings. The highest BCUT2D eigenvalue weighted by Gasteiger charge is 2.44. The van der Waals surface area contributed by atoms with Crippen molar-refractivity contribution in [1.29, 1.82) is 0 Å². The van der Waals surface area contributed by atoms with Crippen LogP contribution in [-0.2, 0) is 4.74 Å². The van der Waals surface area contributed by atoms with E-state index in [-0.39, 0.29) is 5.60 Å². The van der Waals surface area contributed by atoms with E-state index in [1.54, 1.807) is 0 Å². The van der Waals surface area contributed by atoms with Crippen molar-refractivity contribution in [2.45, 2.75) is 89.7 Å². The maximum absolute atomic E-state index is 6.35. The van der Waals surface area contributed by atoms with Gasteiger partial charge < -0.3 is 4.74 Å². The van der Waals surface area contributed by atoms with E-state index in [0.29, 0.717) is 12.0 Å². The second-order valence-corrected chi connectivity index (χ2v) is 7.09. The molecule has 3 unspecified atom stereocenters. The first-order valence-corrected chi connectivity index (χ1v) is 8.82. The van der Waals surface area contributed by atoms with Crippen molar-refractivity contribution in [2.24, 2.45) is 17.7 Å². The molecule has 20 heavy (non-hydrogen) atoms. The van der Waals surface area contributed by atoms with Gasteiger partial charge in [-0.15, -0.1) is 0 Å². The molecule has 3 N–H and O–H groups in total. The van der Waals surface area contributed by atoms with Crippen molar-refractivity contribution in [3.8, 4) is 0 Å². The molecule has 118 valence electrons. The minimum atomic E-state index is -0.0122. The van der Waals surface area contributed by atoms with Gasteiger partial charge >= 0.3 is 0 Å². The predicted octanol–water partition coefficient (Wildman–Crippen LogP) is 3.77. The van der Waals surface area contributed by atoms with E-state index in [1.807, 2.05) is 0 Å². The topological polar surface area (TPSA) is 47.3 Å². The standard InChI is InChI=1S/C17H34N2O/c1-3-20-17(11-6-4-5-7-12-17)16(19-18)15-10-8-9-14(2)13-15/h14-16,19H,3-13,18H2,1-2H3. The average Bonchev–Trinajstić information content (AvgIpc) is 2.66. The summed E-state index contributed by atoms with van der Waals surface area (Å²) in [5.41, 5.74) is 3.18. The SMILES string of the molecule is CCOC1(C(NN)C2CCCC(C)C2)CCCCCC1. The fourth-order valence-corrected chi connectivity index (χ4v) is 4.66. The zero-order valence-electron chi connectivity index (χ0n) is 13.5. The van der Waals surface area contributed by atoms with Crippen LogP contribution in [0, 0.1) is 11.8 Å². The van der Waals surface area contributed by atoms with E-state index in [1.165, 1.54) is 64.2 Å². The summed E-state index contributed by atoms with van der Waals surface area (Å²) in [5.74, 6) is 7.55. The lowest BCUT2D eigenvalue weighted by molar-refractivity contribution is -0.0950. The molecule has 0 heterocycles. The Labute approximate surface area is 125 Å². The van der Waals surface area contributed by atoms with Gasteiger partial charge in [-0.2, -0.15) is 0 Å². The maximum Gasteiger partial charge on any atom is 0.0850 e. The van der Waals surface area contributed by atoms with E-state index in [9.17, 15) is 0 Å². The summed E-state index contributed by atoms with van der Waals surface area (Å²) >= 11 is 0. The van der Waals surface area contributed by atoms with Gasteiger partial charge in [-0.25, -0.2) is 0 Å². The van der Waals surface area contributed by atoms with Crippen LogP contribution >= 0.6 is 0 Å². The molecule has 0 spiro atoms. The van der Waals surface area contributed by atoms with Crippen LogP contribution in [0.5, 0.6) is 0 Å². The molecular weight excluding hydrogens is 248 g/mol. The third-order valence-corrected chi connectivity index (χ3v) is 5.58. The molecule has 0 radical (unpaired) electrons. The van der Waals surface area contributed by atoms with E-state index < -0.39 is 0 Å². The number of nitrogens with two attached hydrogens (primary N) is 1. The van der Waals surface area contributed by atoms with Crippen LogP contribution in [0.25, 0.3) is 0 Å². The van der Waals surface area contributed by atoms with E-state index in [2.05, 4.69) is 19.3 Å². The molecule has 0 saturated heterocycles. The van der Waals surface area contributed by atoms with Gasteiger partial charge in [-0.1, -0.05) is 45.4 Å². The van der Waals surface area contributed by atoms with Gasteiger partial charge in [0.25, 0.3) is 0 Å². The third kappa shape index (κ3) is 3.75. The lowest BCUT2D eigenvalue weighted by Gasteiger charge is -2.45. The predicted molar refractivity (Wildman–Crippen MR) is 84.3 cm³/mol. The van der Waals surface area contributed by atoms with Crippen molar-refractivity contribution >= 4 is 0 Å². The molecule has 0 amide bonds. The molecule has 0 aromatic carbocycles. The molecule has 3 nitrogen and oxygen atoms in total. The summed E-state index contributed by atoms with van der Waals surface area (Å²) in [6.45, 7) is 5.32. The lowest BCUT2D eigenvalue weighted by Crippen LogP contribution is -2.59. The van der Waals surface area contributed by atoms with Gasteiger partial charge in [-0.3, -0.25) is 11.3 Å². The smallest absolute Gasteiger partial charge is 0.0850 e. The minimum absolute atomic E-state index is 0.0122. The first-order chi connectivity index (χ1) is 9.72. The third-order valence-electron chi connectivity index (χ3n) is 5.58. The van der Waals surface area contributed by atoms with Crippen molar-refractivity contribution in [2.75, 3.05) is 6.61 Å². The van der Waals surface area contributed by atoms with Gasteiger partial charge in [0.15, 0.2) is 0 Å². The normalized spacial score (nSPS) is 32.5. The first kappa shape index (κ1) is 16.3. The summed E-state index contributed by atoms with van der Waals surface area (Å²) in [5, 5.41) is 0. The Bertz CT molecular complexity index is 274. The average molecular weight is 282 g/mol. The summed E-state index contributed by atoms with van der Waals surface area (Å²) in [6.07, 6.45) is 13.0. The quantitative estimate of drug-likeness (QED) is 0.458. The van der Waals surface area contributed by atoms with Crippen molar-refractivity contribution in [1.82, 2.24) is 5.43 Å². The number of hydrogen-bond acceptors (Lipinski definition) is 3.